The molecule has 1 aromatic rings. The first-order valence-electron chi connectivity index (χ1n) is 5.09. The molecule has 1 unspecified atom stereocenters. The molecule has 0 aliphatic rings. The van der Waals surface area contributed by atoms with E-state index in [1.165, 1.54) is 0 Å². The van der Waals surface area contributed by atoms with E-state index >= 15 is 0 Å². The predicted octanol–water partition coefficient (Wildman–Crippen LogP) is 2.68. The van der Waals surface area contributed by atoms with Crippen molar-refractivity contribution in [1.82, 2.24) is 10.3 Å². The van der Waals surface area contributed by atoms with Gasteiger partial charge in [0.2, 0.25) is 0 Å². The van der Waals surface area contributed by atoms with Crippen LogP contribution in [0.5, 0.6) is 0 Å². The Bertz CT molecular complexity index is 322. The number of rotatable bonds is 5. The lowest BCUT2D eigenvalue weighted by Crippen LogP contribution is -2.27. The van der Waals surface area contributed by atoms with Crippen LogP contribution in [0, 0.1) is 0 Å². The van der Waals surface area contributed by atoms with Gasteiger partial charge in [0.1, 0.15) is 0 Å². The smallest absolute Gasteiger partial charge is 0.0847 e. The van der Waals surface area contributed by atoms with Crippen LogP contribution in [0.4, 0.5) is 0 Å². The van der Waals surface area contributed by atoms with Crippen molar-refractivity contribution in [2.45, 2.75) is 19.3 Å². The van der Waals surface area contributed by atoms with E-state index in [4.69, 9.17) is 12.2 Å². The van der Waals surface area contributed by atoms with Crippen LogP contribution in [-0.2, 0) is 0 Å². The van der Waals surface area contributed by atoms with E-state index in [-0.39, 0.29) is 5.92 Å². The van der Waals surface area contributed by atoms with Gasteiger partial charge in [0.05, 0.1) is 16.6 Å². The topological polar surface area (TPSA) is 24.9 Å². The number of hydrogen-bond acceptors (Lipinski definition) is 2. The Morgan fingerprint density at radius 2 is 2.47 bits per heavy atom. The zero-order chi connectivity index (χ0) is 11.1. The summed E-state index contributed by atoms with van der Waals surface area (Å²) in [4.78, 5) is 5.17. The fraction of sp³-hybridized carbons (Fsp3) is 0.333. The lowest BCUT2D eigenvalue weighted by molar-refractivity contribution is 0.790. The average molecular weight is 220 g/mol. The molecule has 0 aliphatic carbocycles. The molecular weight excluding hydrogens is 204 g/mol. The second-order valence-corrected chi connectivity index (χ2v) is 3.69. The van der Waals surface area contributed by atoms with Gasteiger partial charge in [-0.05, 0) is 18.6 Å². The lowest BCUT2D eigenvalue weighted by atomic mass is 10.0. The van der Waals surface area contributed by atoms with Crippen LogP contribution >= 0.6 is 12.2 Å². The quantitative estimate of drug-likeness (QED) is 0.610. The van der Waals surface area contributed by atoms with E-state index in [9.17, 15) is 0 Å². The molecule has 1 atom stereocenters. The Balaban J connectivity index is 2.71. The van der Waals surface area contributed by atoms with Crippen molar-refractivity contribution in [1.29, 1.82) is 0 Å². The normalized spacial score (nSPS) is 11.8. The molecular formula is C12H16N2S. The Kier molecular flexibility index (Phi) is 4.98. The Labute approximate surface area is 96.4 Å². The second-order valence-electron chi connectivity index (χ2n) is 3.25. The summed E-state index contributed by atoms with van der Waals surface area (Å²) in [5.41, 5.74) is 1.03. The van der Waals surface area contributed by atoms with Gasteiger partial charge in [-0.1, -0.05) is 31.3 Å². The highest BCUT2D eigenvalue weighted by Gasteiger charge is 2.14. The van der Waals surface area contributed by atoms with Crippen molar-refractivity contribution < 1.29 is 0 Å². The van der Waals surface area contributed by atoms with Gasteiger partial charge in [0.25, 0.3) is 0 Å². The first kappa shape index (κ1) is 11.9. The van der Waals surface area contributed by atoms with E-state index in [1.807, 2.05) is 18.2 Å². The van der Waals surface area contributed by atoms with Crippen molar-refractivity contribution in [3.8, 4) is 0 Å². The van der Waals surface area contributed by atoms with Crippen LogP contribution in [0.2, 0.25) is 0 Å². The molecule has 1 N–H and O–H groups in total. The van der Waals surface area contributed by atoms with Crippen molar-refractivity contribution in [2.75, 3.05) is 6.54 Å². The molecule has 2 nitrogen and oxygen atoms in total. The number of pyridine rings is 1. The fourth-order valence-electron chi connectivity index (χ4n) is 1.41. The molecule has 0 fully saturated rings. The molecule has 15 heavy (non-hydrogen) atoms. The molecule has 0 spiro atoms. The summed E-state index contributed by atoms with van der Waals surface area (Å²) in [5, 5.41) is 3.16. The van der Waals surface area contributed by atoms with Gasteiger partial charge in [-0.3, -0.25) is 4.98 Å². The van der Waals surface area contributed by atoms with Gasteiger partial charge in [0.15, 0.2) is 0 Å². The minimum absolute atomic E-state index is 0.209. The first-order valence-corrected chi connectivity index (χ1v) is 5.50. The van der Waals surface area contributed by atoms with Gasteiger partial charge < -0.3 is 5.32 Å². The van der Waals surface area contributed by atoms with Crippen LogP contribution in [-0.4, -0.2) is 16.5 Å². The summed E-state index contributed by atoms with van der Waals surface area (Å²) in [6, 6.07) is 5.91. The van der Waals surface area contributed by atoms with E-state index in [0.29, 0.717) is 6.54 Å². The molecule has 0 saturated carbocycles. The van der Waals surface area contributed by atoms with Crippen LogP contribution in [0.15, 0.2) is 37.1 Å². The van der Waals surface area contributed by atoms with E-state index in [1.54, 1.807) is 12.3 Å². The monoisotopic (exact) mass is 220 g/mol. The van der Waals surface area contributed by atoms with Crippen molar-refractivity contribution in [3.05, 3.63) is 42.7 Å². The van der Waals surface area contributed by atoms with Crippen molar-refractivity contribution in [2.24, 2.45) is 0 Å². The van der Waals surface area contributed by atoms with E-state index in [2.05, 4.69) is 23.8 Å². The molecule has 80 valence electrons. The lowest BCUT2D eigenvalue weighted by Gasteiger charge is -2.16. The summed E-state index contributed by atoms with van der Waals surface area (Å²) in [6.07, 6.45) is 4.56. The minimum Gasteiger partial charge on any atom is -0.376 e. The van der Waals surface area contributed by atoms with Gasteiger partial charge in [-0.15, -0.1) is 6.58 Å². The maximum Gasteiger partial charge on any atom is 0.0847 e. The van der Waals surface area contributed by atoms with Crippen molar-refractivity contribution in [3.63, 3.8) is 0 Å². The van der Waals surface area contributed by atoms with Crippen LogP contribution < -0.4 is 5.32 Å². The third-order valence-corrected chi connectivity index (χ3v) is 2.62. The van der Waals surface area contributed by atoms with Crippen LogP contribution in [0.25, 0.3) is 0 Å². The average Bonchev–Trinajstić information content (AvgIpc) is 2.29. The zero-order valence-electron chi connectivity index (χ0n) is 8.94. The molecule has 1 aromatic heterocycles. The molecule has 0 amide bonds. The highest BCUT2D eigenvalue weighted by Crippen LogP contribution is 2.17. The molecule has 0 saturated heterocycles. The van der Waals surface area contributed by atoms with Gasteiger partial charge in [-0.2, -0.15) is 0 Å². The van der Waals surface area contributed by atoms with Gasteiger partial charge in [0, 0.05) is 12.7 Å². The highest BCUT2D eigenvalue weighted by molar-refractivity contribution is 7.80. The summed E-state index contributed by atoms with van der Waals surface area (Å²) >= 11 is 5.32. The second kappa shape index (κ2) is 6.30. The summed E-state index contributed by atoms with van der Waals surface area (Å²) in [6.45, 7) is 6.48. The minimum atomic E-state index is 0.209. The summed E-state index contributed by atoms with van der Waals surface area (Å²) in [5.74, 6) is 0.209. The third kappa shape index (κ3) is 3.44. The van der Waals surface area contributed by atoms with E-state index < -0.39 is 0 Å². The predicted molar refractivity (Wildman–Crippen MR) is 68.1 cm³/mol. The standard InChI is InChI=1S/C12H16N2S/c1-3-8-14-12(15)10(4-2)11-7-5-6-9-13-11/h3,5-7,9-10H,1,4,8H2,2H3,(H,14,15). The highest BCUT2D eigenvalue weighted by atomic mass is 32.1. The number of thiocarbonyl (C=S) groups is 1. The van der Waals surface area contributed by atoms with E-state index in [0.717, 1.165) is 17.1 Å². The Morgan fingerprint density at radius 3 is 3.00 bits per heavy atom. The molecule has 1 heterocycles. The molecule has 0 radical (unpaired) electrons. The van der Waals surface area contributed by atoms with Crippen LogP contribution in [0.3, 0.4) is 0 Å². The van der Waals surface area contributed by atoms with Gasteiger partial charge in [-0.25, -0.2) is 0 Å². The SMILES string of the molecule is C=CCNC(=S)C(CC)c1ccccn1. The third-order valence-electron chi connectivity index (χ3n) is 2.19. The molecule has 3 heteroatoms. The van der Waals surface area contributed by atoms with Crippen LogP contribution in [0.1, 0.15) is 25.0 Å². The number of nitrogens with zero attached hydrogens (tertiary/aromatic N) is 1. The maximum absolute atomic E-state index is 5.32. The maximum atomic E-state index is 5.32. The zero-order valence-corrected chi connectivity index (χ0v) is 9.76. The first-order chi connectivity index (χ1) is 7.29. The summed E-state index contributed by atoms with van der Waals surface area (Å²) in [7, 11) is 0. The largest absolute Gasteiger partial charge is 0.376 e. The Hall–Kier alpha value is -1.22. The van der Waals surface area contributed by atoms with Gasteiger partial charge >= 0.3 is 0 Å². The molecule has 1 rings (SSSR count). The van der Waals surface area contributed by atoms with Crippen molar-refractivity contribution >= 4 is 17.2 Å². The molecule has 0 aliphatic heterocycles. The number of nitrogens with one attached hydrogen (secondary N) is 1. The Morgan fingerprint density at radius 1 is 1.67 bits per heavy atom. The number of hydrogen-bond donors (Lipinski definition) is 1. The number of aromatic nitrogens is 1. The fourth-order valence-corrected chi connectivity index (χ4v) is 1.78. The molecule has 0 aromatic carbocycles. The summed E-state index contributed by atoms with van der Waals surface area (Å²) < 4.78 is 0. The molecule has 0 bridgehead atoms.